The van der Waals surface area contributed by atoms with Gasteiger partial charge in [0.15, 0.2) is 0 Å². The molecule has 0 unspecified atom stereocenters. The molecule has 2 amide bonds. The van der Waals surface area contributed by atoms with Gasteiger partial charge in [-0.1, -0.05) is 48.5 Å². The van der Waals surface area contributed by atoms with Crippen LogP contribution in [0, 0.1) is 0 Å². The molecule has 8 nitrogen and oxygen atoms in total. The zero-order valence-corrected chi connectivity index (χ0v) is 19.9. The Kier molecular flexibility index (Phi) is 7.94. The number of rotatable bonds is 8. The molecule has 0 aliphatic heterocycles. The van der Waals surface area contributed by atoms with Gasteiger partial charge in [0.25, 0.3) is 0 Å². The van der Waals surface area contributed by atoms with Crippen molar-refractivity contribution in [1.29, 1.82) is 0 Å². The van der Waals surface area contributed by atoms with Crippen molar-refractivity contribution in [2.24, 2.45) is 0 Å². The molecule has 0 spiro atoms. The average Bonchev–Trinajstić information content (AvgIpc) is 3.20. The van der Waals surface area contributed by atoms with Gasteiger partial charge in [-0.2, -0.15) is 0 Å². The van der Waals surface area contributed by atoms with Gasteiger partial charge in [-0.05, 0) is 38.0 Å². The van der Waals surface area contributed by atoms with Crippen LogP contribution in [-0.2, 0) is 31.9 Å². The Morgan fingerprint density at radius 1 is 0.912 bits per heavy atom. The van der Waals surface area contributed by atoms with Crippen LogP contribution < -0.4 is 10.6 Å². The molecular weight excluding hydrogens is 434 g/mol. The van der Waals surface area contributed by atoms with Crippen LogP contribution in [0.3, 0.4) is 0 Å². The first-order valence-electron chi connectivity index (χ1n) is 11.1. The third-order valence-corrected chi connectivity index (χ3v) is 5.19. The summed E-state index contributed by atoms with van der Waals surface area (Å²) >= 11 is 0. The molecule has 0 saturated heterocycles. The molecule has 0 aliphatic carbocycles. The van der Waals surface area contributed by atoms with E-state index in [9.17, 15) is 14.4 Å². The summed E-state index contributed by atoms with van der Waals surface area (Å²) in [6.45, 7) is 5.23. The fourth-order valence-corrected chi connectivity index (χ4v) is 3.64. The van der Waals surface area contributed by atoms with E-state index < -0.39 is 35.7 Å². The van der Waals surface area contributed by atoms with Gasteiger partial charge in [0.1, 0.15) is 17.7 Å². The summed E-state index contributed by atoms with van der Waals surface area (Å²) in [5.74, 6) is -1.08. The Morgan fingerprint density at radius 2 is 1.59 bits per heavy atom. The van der Waals surface area contributed by atoms with Crippen molar-refractivity contribution in [2.45, 2.75) is 51.3 Å². The molecular formula is C26H31N3O5. The third kappa shape index (κ3) is 6.84. The van der Waals surface area contributed by atoms with E-state index in [-0.39, 0.29) is 12.8 Å². The van der Waals surface area contributed by atoms with E-state index in [1.165, 1.54) is 7.11 Å². The van der Waals surface area contributed by atoms with E-state index in [1.54, 1.807) is 20.8 Å². The molecule has 3 aromatic rings. The zero-order valence-electron chi connectivity index (χ0n) is 19.9. The lowest BCUT2D eigenvalue weighted by Crippen LogP contribution is -2.53. The summed E-state index contributed by atoms with van der Waals surface area (Å²) < 4.78 is 10.3. The Bertz CT molecular complexity index is 1130. The largest absolute Gasteiger partial charge is 0.467 e. The molecule has 1 aromatic heterocycles. The number of para-hydroxylation sites is 1. The van der Waals surface area contributed by atoms with E-state index in [0.29, 0.717) is 0 Å². The van der Waals surface area contributed by atoms with Crippen LogP contribution >= 0.6 is 0 Å². The molecule has 2 atom stereocenters. The van der Waals surface area contributed by atoms with Crippen molar-refractivity contribution in [3.63, 3.8) is 0 Å². The van der Waals surface area contributed by atoms with Crippen LogP contribution in [-0.4, -0.2) is 47.7 Å². The number of methoxy groups -OCH3 is 1. The summed E-state index contributed by atoms with van der Waals surface area (Å²) in [5, 5.41) is 6.36. The van der Waals surface area contributed by atoms with Crippen molar-refractivity contribution < 1.29 is 23.9 Å². The molecule has 3 rings (SSSR count). The number of aromatic nitrogens is 1. The van der Waals surface area contributed by atoms with Crippen molar-refractivity contribution in [2.75, 3.05) is 7.11 Å². The lowest BCUT2D eigenvalue weighted by atomic mass is 10.0. The maximum absolute atomic E-state index is 13.3. The normalized spacial score (nSPS) is 13.1. The maximum atomic E-state index is 13.3. The van der Waals surface area contributed by atoms with Crippen LogP contribution in [0.5, 0.6) is 0 Å². The highest BCUT2D eigenvalue weighted by Gasteiger charge is 2.29. The van der Waals surface area contributed by atoms with Crippen LogP contribution in [0.1, 0.15) is 31.9 Å². The molecule has 0 aliphatic rings. The van der Waals surface area contributed by atoms with Crippen LogP contribution in [0.15, 0.2) is 60.8 Å². The number of benzene rings is 2. The Balaban J connectivity index is 1.83. The number of hydrogen-bond acceptors (Lipinski definition) is 5. The SMILES string of the molecule is COC(=O)[C@@H](Cc1ccccc1)NC(=O)[C@H](Cc1c[nH]c2ccccc12)NC(=O)OC(C)(C)C. The zero-order chi connectivity index (χ0) is 24.7. The Labute approximate surface area is 199 Å². The minimum atomic E-state index is -0.975. The molecule has 0 bridgehead atoms. The van der Waals surface area contributed by atoms with E-state index in [4.69, 9.17) is 9.47 Å². The highest BCUT2D eigenvalue weighted by molar-refractivity contribution is 5.91. The number of alkyl carbamates (subject to hydrolysis) is 1. The second-order valence-corrected chi connectivity index (χ2v) is 9.04. The van der Waals surface area contributed by atoms with Crippen LogP contribution in [0.4, 0.5) is 4.79 Å². The molecule has 34 heavy (non-hydrogen) atoms. The predicted octanol–water partition coefficient (Wildman–Crippen LogP) is 3.50. The average molecular weight is 466 g/mol. The highest BCUT2D eigenvalue weighted by atomic mass is 16.6. The van der Waals surface area contributed by atoms with Gasteiger partial charge >= 0.3 is 12.1 Å². The first-order chi connectivity index (χ1) is 16.2. The minimum Gasteiger partial charge on any atom is -0.467 e. The fraction of sp³-hybridized carbons (Fsp3) is 0.346. The number of carbonyl (C=O) groups excluding carboxylic acids is 3. The number of esters is 1. The topological polar surface area (TPSA) is 110 Å². The first-order valence-corrected chi connectivity index (χ1v) is 11.1. The first kappa shape index (κ1) is 24.8. The van der Waals surface area contributed by atoms with Gasteiger partial charge < -0.3 is 25.1 Å². The summed E-state index contributed by atoms with van der Waals surface area (Å²) in [6, 6.07) is 15.1. The summed E-state index contributed by atoms with van der Waals surface area (Å²) in [6.07, 6.45) is 1.55. The van der Waals surface area contributed by atoms with Gasteiger partial charge in [-0.25, -0.2) is 9.59 Å². The number of hydrogen-bond donors (Lipinski definition) is 3. The lowest BCUT2D eigenvalue weighted by Gasteiger charge is -2.25. The second kappa shape index (κ2) is 10.9. The monoisotopic (exact) mass is 465 g/mol. The van der Waals surface area contributed by atoms with Crippen molar-refractivity contribution in [3.8, 4) is 0 Å². The number of fused-ring (bicyclic) bond motifs is 1. The maximum Gasteiger partial charge on any atom is 0.408 e. The van der Waals surface area contributed by atoms with Gasteiger partial charge in [0.05, 0.1) is 7.11 Å². The molecule has 8 heteroatoms. The van der Waals surface area contributed by atoms with E-state index in [0.717, 1.165) is 22.0 Å². The molecule has 0 fully saturated rings. The molecule has 0 radical (unpaired) electrons. The number of carbonyl (C=O) groups is 3. The minimum absolute atomic E-state index is 0.203. The van der Waals surface area contributed by atoms with E-state index >= 15 is 0 Å². The van der Waals surface area contributed by atoms with Crippen molar-refractivity contribution in [1.82, 2.24) is 15.6 Å². The summed E-state index contributed by atoms with van der Waals surface area (Å²) in [5.41, 5.74) is 1.91. The number of ether oxygens (including phenoxy) is 2. The van der Waals surface area contributed by atoms with E-state index in [2.05, 4.69) is 15.6 Å². The highest BCUT2D eigenvalue weighted by Crippen LogP contribution is 2.19. The summed E-state index contributed by atoms with van der Waals surface area (Å²) in [4.78, 5) is 41.4. The molecule has 180 valence electrons. The number of nitrogens with one attached hydrogen (secondary N) is 3. The molecule has 0 saturated carbocycles. The molecule has 1 heterocycles. The van der Waals surface area contributed by atoms with Gasteiger partial charge in [-0.15, -0.1) is 0 Å². The van der Waals surface area contributed by atoms with Crippen LogP contribution in [0.25, 0.3) is 10.9 Å². The molecule has 2 aromatic carbocycles. The second-order valence-electron chi connectivity index (χ2n) is 9.04. The standard InChI is InChI=1S/C26H31N3O5/c1-26(2,3)34-25(32)29-21(15-18-16-27-20-13-9-8-12-19(18)20)23(30)28-22(24(31)33-4)14-17-10-6-5-7-11-17/h5-13,16,21-22,27H,14-15H2,1-4H3,(H,28,30)(H,29,32)/t21-,22+/m0/s1. The smallest absolute Gasteiger partial charge is 0.408 e. The van der Waals surface area contributed by atoms with Gasteiger partial charge in [0, 0.05) is 29.9 Å². The number of H-pyrrole nitrogens is 1. The van der Waals surface area contributed by atoms with Gasteiger partial charge in [-0.3, -0.25) is 4.79 Å². The third-order valence-electron chi connectivity index (χ3n) is 5.19. The molecule has 3 N–H and O–H groups in total. The van der Waals surface area contributed by atoms with E-state index in [1.807, 2.05) is 60.8 Å². The summed E-state index contributed by atoms with van der Waals surface area (Å²) in [7, 11) is 1.27. The fourth-order valence-electron chi connectivity index (χ4n) is 3.64. The Morgan fingerprint density at radius 3 is 2.26 bits per heavy atom. The van der Waals surface area contributed by atoms with Crippen LogP contribution in [0.2, 0.25) is 0 Å². The van der Waals surface area contributed by atoms with Crippen molar-refractivity contribution >= 4 is 28.9 Å². The van der Waals surface area contributed by atoms with Crippen molar-refractivity contribution in [3.05, 3.63) is 71.9 Å². The number of amides is 2. The lowest BCUT2D eigenvalue weighted by molar-refractivity contribution is -0.145. The Hall–Kier alpha value is -3.81. The predicted molar refractivity (Wildman–Crippen MR) is 129 cm³/mol. The number of aromatic amines is 1. The quantitative estimate of drug-likeness (QED) is 0.441. The van der Waals surface area contributed by atoms with Gasteiger partial charge in [0.2, 0.25) is 5.91 Å².